The monoisotopic (exact) mass is 294 g/mol. The molecule has 0 aromatic carbocycles. The number of pyridine rings is 1. The summed E-state index contributed by atoms with van der Waals surface area (Å²) < 4.78 is 45.1. The average Bonchev–Trinajstić information content (AvgIpc) is 2.26. The average molecular weight is 294 g/mol. The Bertz CT molecular complexity index is 544. The van der Waals surface area contributed by atoms with Crippen LogP contribution in [0.1, 0.15) is 23.0 Å². The van der Waals surface area contributed by atoms with Crippen molar-refractivity contribution in [3.63, 3.8) is 0 Å². The Labute approximate surface area is 110 Å². The van der Waals surface area contributed by atoms with Gasteiger partial charge in [-0.25, -0.2) is 4.79 Å². The Balaban J connectivity index is 3.49. The van der Waals surface area contributed by atoms with Crippen molar-refractivity contribution in [2.45, 2.75) is 20.2 Å². The van der Waals surface area contributed by atoms with Crippen molar-refractivity contribution in [2.24, 2.45) is 0 Å². The summed E-state index contributed by atoms with van der Waals surface area (Å²) >= 11 is 0. The lowest BCUT2D eigenvalue weighted by atomic mass is 10.1. The maximum absolute atomic E-state index is 12.3. The Morgan fingerprint density at radius 3 is 2.55 bits per heavy atom. The van der Waals surface area contributed by atoms with Crippen molar-refractivity contribution in [3.8, 4) is 5.75 Å². The van der Waals surface area contributed by atoms with E-state index in [1.807, 2.05) is 0 Å². The first-order valence-electron chi connectivity index (χ1n) is 5.24. The van der Waals surface area contributed by atoms with E-state index in [4.69, 9.17) is 0 Å². The van der Waals surface area contributed by atoms with Crippen LogP contribution in [0.3, 0.4) is 0 Å². The number of esters is 1. The summed E-state index contributed by atoms with van der Waals surface area (Å²) in [5.74, 6) is -2.41. The van der Waals surface area contributed by atoms with Gasteiger partial charge in [0.2, 0.25) is 5.75 Å². The molecule has 1 aromatic rings. The van der Waals surface area contributed by atoms with E-state index in [0.29, 0.717) is 6.20 Å². The fraction of sp³-hybridized carbons (Fsp3) is 0.400. The topological polar surface area (TPSA) is 91.6 Å². The van der Waals surface area contributed by atoms with Crippen LogP contribution in [0.2, 0.25) is 0 Å². The molecule has 1 heterocycles. The van der Waals surface area contributed by atoms with E-state index in [-0.39, 0.29) is 12.3 Å². The lowest BCUT2D eigenvalue weighted by Crippen LogP contribution is -2.21. The van der Waals surface area contributed by atoms with Gasteiger partial charge in [0.15, 0.2) is 0 Å². The summed E-state index contributed by atoms with van der Waals surface area (Å²) in [6, 6.07) is 0. The molecule has 0 saturated heterocycles. The number of hydrogen-bond acceptors (Lipinski definition) is 6. The number of hydrogen-bond donors (Lipinski definition) is 0. The predicted octanol–water partition coefficient (Wildman–Crippen LogP) is 2.37. The Morgan fingerprint density at radius 2 is 2.10 bits per heavy atom. The lowest BCUT2D eigenvalue weighted by Gasteiger charge is -2.13. The second kappa shape index (κ2) is 5.72. The molecule has 0 saturated carbocycles. The molecule has 0 aliphatic heterocycles. The second-order valence-corrected chi connectivity index (χ2v) is 3.46. The van der Waals surface area contributed by atoms with Crippen LogP contribution in [0.4, 0.5) is 18.9 Å². The first kappa shape index (κ1) is 15.7. The lowest BCUT2D eigenvalue weighted by molar-refractivity contribution is -0.389. The van der Waals surface area contributed by atoms with Crippen molar-refractivity contribution < 1.29 is 32.4 Å². The molecule has 10 heteroatoms. The minimum Gasteiger partial charge on any atom is -0.462 e. The standard InChI is InChI=1S/C10H9F3N2O5/c1-3-19-9(16)7-5(2)14-4-6(15(17)18)8(7)20-10(11,12)13/h4H,3H2,1-2H3. The van der Waals surface area contributed by atoms with Gasteiger partial charge in [0.1, 0.15) is 11.8 Å². The first-order chi connectivity index (χ1) is 9.17. The number of nitro groups is 1. The maximum atomic E-state index is 12.3. The molecule has 0 atom stereocenters. The molecule has 0 radical (unpaired) electrons. The molecule has 0 bridgehead atoms. The number of aryl methyl sites for hydroxylation is 1. The third-order valence-corrected chi connectivity index (χ3v) is 2.10. The van der Waals surface area contributed by atoms with E-state index in [1.54, 1.807) is 0 Å². The van der Waals surface area contributed by atoms with Crippen LogP contribution in [0.25, 0.3) is 0 Å². The van der Waals surface area contributed by atoms with E-state index in [2.05, 4.69) is 14.5 Å². The van der Waals surface area contributed by atoms with Crippen molar-refractivity contribution in [3.05, 3.63) is 27.6 Å². The summed E-state index contributed by atoms with van der Waals surface area (Å²) in [5.41, 5.74) is -1.97. The SMILES string of the molecule is CCOC(=O)c1c(C)ncc([N+](=O)[O-])c1OC(F)(F)F. The Morgan fingerprint density at radius 1 is 1.50 bits per heavy atom. The van der Waals surface area contributed by atoms with Gasteiger partial charge in [-0.2, -0.15) is 0 Å². The van der Waals surface area contributed by atoms with Crippen molar-refractivity contribution in [2.75, 3.05) is 6.61 Å². The van der Waals surface area contributed by atoms with Crippen LogP contribution >= 0.6 is 0 Å². The number of nitrogens with zero attached hydrogens (tertiary/aromatic N) is 2. The number of ether oxygens (including phenoxy) is 2. The number of carbonyl (C=O) groups is 1. The number of rotatable bonds is 4. The fourth-order valence-corrected chi connectivity index (χ4v) is 1.37. The highest BCUT2D eigenvalue weighted by atomic mass is 19.4. The van der Waals surface area contributed by atoms with Gasteiger partial charge in [0.05, 0.1) is 17.2 Å². The van der Waals surface area contributed by atoms with Gasteiger partial charge >= 0.3 is 18.0 Å². The van der Waals surface area contributed by atoms with Crippen LogP contribution in [0.5, 0.6) is 5.75 Å². The highest BCUT2D eigenvalue weighted by Gasteiger charge is 2.38. The van der Waals surface area contributed by atoms with Gasteiger partial charge < -0.3 is 9.47 Å². The Hall–Kier alpha value is -2.39. The quantitative estimate of drug-likeness (QED) is 0.481. The van der Waals surface area contributed by atoms with E-state index in [0.717, 1.165) is 0 Å². The molecule has 0 aliphatic rings. The fourth-order valence-electron chi connectivity index (χ4n) is 1.37. The molecule has 7 nitrogen and oxygen atoms in total. The van der Waals surface area contributed by atoms with Gasteiger partial charge in [-0.1, -0.05) is 0 Å². The van der Waals surface area contributed by atoms with Gasteiger partial charge in [0.25, 0.3) is 0 Å². The van der Waals surface area contributed by atoms with Crippen LogP contribution < -0.4 is 4.74 Å². The largest absolute Gasteiger partial charge is 0.573 e. The third kappa shape index (κ3) is 3.56. The molecule has 0 spiro atoms. The molecule has 0 aliphatic carbocycles. The molecular formula is C10H9F3N2O5. The molecule has 0 fully saturated rings. The van der Waals surface area contributed by atoms with Crippen LogP contribution in [-0.2, 0) is 4.74 Å². The predicted molar refractivity (Wildman–Crippen MR) is 58.3 cm³/mol. The summed E-state index contributed by atoms with van der Waals surface area (Å²) in [5, 5.41) is 10.7. The molecule has 1 rings (SSSR count). The third-order valence-electron chi connectivity index (χ3n) is 2.10. The number of halogens is 3. The first-order valence-corrected chi connectivity index (χ1v) is 5.24. The minimum absolute atomic E-state index is 0.119. The van der Waals surface area contributed by atoms with E-state index >= 15 is 0 Å². The minimum atomic E-state index is -5.19. The highest BCUT2D eigenvalue weighted by Crippen LogP contribution is 2.36. The summed E-state index contributed by atoms with van der Waals surface area (Å²) in [6.45, 7) is 2.52. The summed E-state index contributed by atoms with van der Waals surface area (Å²) in [4.78, 5) is 24.7. The molecule has 0 amide bonds. The normalized spacial score (nSPS) is 11.1. The van der Waals surface area contributed by atoms with Gasteiger partial charge in [0, 0.05) is 0 Å². The Kier molecular flexibility index (Phi) is 4.48. The van der Waals surface area contributed by atoms with E-state index < -0.39 is 34.3 Å². The summed E-state index contributed by atoms with van der Waals surface area (Å²) in [6.07, 6.45) is -4.61. The molecule has 0 unspecified atom stereocenters. The smallest absolute Gasteiger partial charge is 0.462 e. The molecule has 0 N–H and O–H groups in total. The van der Waals surface area contributed by atoms with Crippen LogP contribution in [0.15, 0.2) is 6.20 Å². The second-order valence-electron chi connectivity index (χ2n) is 3.46. The summed E-state index contributed by atoms with van der Waals surface area (Å²) in [7, 11) is 0. The molecule has 20 heavy (non-hydrogen) atoms. The zero-order valence-corrected chi connectivity index (χ0v) is 10.4. The molecule has 110 valence electrons. The van der Waals surface area contributed by atoms with Crippen LogP contribution in [0, 0.1) is 17.0 Å². The van der Waals surface area contributed by atoms with Crippen molar-refractivity contribution in [1.82, 2.24) is 4.98 Å². The van der Waals surface area contributed by atoms with E-state index in [1.165, 1.54) is 13.8 Å². The van der Waals surface area contributed by atoms with E-state index in [9.17, 15) is 28.1 Å². The van der Waals surface area contributed by atoms with Crippen LogP contribution in [-0.4, -0.2) is 28.8 Å². The molecular weight excluding hydrogens is 285 g/mol. The van der Waals surface area contributed by atoms with Crippen molar-refractivity contribution >= 4 is 11.7 Å². The zero-order chi connectivity index (χ0) is 15.5. The number of alkyl halides is 3. The van der Waals surface area contributed by atoms with Gasteiger partial charge in [-0.15, -0.1) is 13.2 Å². The van der Waals surface area contributed by atoms with Gasteiger partial charge in [-0.05, 0) is 13.8 Å². The number of aromatic nitrogens is 1. The van der Waals surface area contributed by atoms with Crippen molar-refractivity contribution in [1.29, 1.82) is 0 Å². The number of carbonyl (C=O) groups excluding carboxylic acids is 1. The van der Waals surface area contributed by atoms with Gasteiger partial charge in [-0.3, -0.25) is 15.1 Å². The molecule has 1 aromatic heterocycles. The zero-order valence-electron chi connectivity index (χ0n) is 10.4. The highest BCUT2D eigenvalue weighted by molar-refractivity contribution is 5.95. The maximum Gasteiger partial charge on any atom is 0.573 e.